The van der Waals surface area contributed by atoms with Gasteiger partial charge in [-0.05, 0) is 39.0 Å². The predicted octanol–water partition coefficient (Wildman–Crippen LogP) is 1.14. The zero-order valence-corrected chi connectivity index (χ0v) is 20.0. The van der Waals surface area contributed by atoms with Crippen molar-refractivity contribution in [2.75, 3.05) is 33.9 Å². The Morgan fingerprint density at radius 3 is 2.67 bits per heavy atom. The highest BCUT2D eigenvalue weighted by atomic mass is 16.5. The third-order valence-electron chi connectivity index (χ3n) is 8.21. The summed E-state index contributed by atoms with van der Waals surface area (Å²) in [5.74, 6) is 1.45. The van der Waals surface area contributed by atoms with E-state index in [-0.39, 0.29) is 54.3 Å². The first-order chi connectivity index (χ1) is 16.0. The largest absolute Gasteiger partial charge is 0.391 e. The molecule has 5 aliphatic heterocycles. The first-order valence-electron chi connectivity index (χ1n) is 12.4. The Labute approximate surface area is 195 Å². The molecule has 2 fully saturated rings. The van der Waals surface area contributed by atoms with E-state index in [1.54, 1.807) is 14.2 Å². The fourth-order valence-corrected chi connectivity index (χ4v) is 6.36. The standard InChI is InChI=1S/C24H37N5O4/c1-14-22-18(5-6-19(27-22)15-10-20(32-2)23(33-3)26-11-15)24(31)29(14)16-4-7-21(25-12-16)28-9-8-17(30)13-28/h11,14-20,23,30H,4-10,12-13H2,1-3H3. The van der Waals surface area contributed by atoms with E-state index in [1.807, 2.05) is 6.21 Å². The monoisotopic (exact) mass is 459 g/mol. The lowest BCUT2D eigenvalue weighted by Gasteiger charge is -2.35. The van der Waals surface area contributed by atoms with Gasteiger partial charge < -0.3 is 24.4 Å². The molecule has 0 bridgehead atoms. The number of carbonyl (C=O) groups is 1. The summed E-state index contributed by atoms with van der Waals surface area (Å²) >= 11 is 0. The molecule has 0 aromatic carbocycles. The number of carbonyl (C=O) groups excluding carboxylic acids is 1. The van der Waals surface area contributed by atoms with Crippen molar-refractivity contribution in [3.8, 4) is 0 Å². The van der Waals surface area contributed by atoms with Crippen LogP contribution in [0.25, 0.3) is 0 Å². The van der Waals surface area contributed by atoms with Crippen molar-refractivity contribution in [1.29, 1.82) is 0 Å². The number of fused-ring (bicyclic) bond motifs is 1. The van der Waals surface area contributed by atoms with Gasteiger partial charge >= 0.3 is 0 Å². The Kier molecular flexibility index (Phi) is 6.55. The maximum absolute atomic E-state index is 13.4. The van der Waals surface area contributed by atoms with Crippen molar-refractivity contribution in [3.63, 3.8) is 0 Å². The summed E-state index contributed by atoms with van der Waals surface area (Å²) in [4.78, 5) is 32.2. The van der Waals surface area contributed by atoms with Gasteiger partial charge in [-0.3, -0.25) is 19.8 Å². The molecule has 8 unspecified atom stereocenters. The number of ether oxygens (including phenoxy) is 2. The molecule has 0 radical (unpaired) electrons. The van der Waals surface area contributed by atoms with Gasteiger partial charge in [-0.25, -0.2) is 0 Å². The van der Waals surface area contributed by atoms with Crippen LogP contribution in [-0.4, -0.2) is 109 Å². The number of aliphatic hydroxyl groups excluding tert-OH is 1. The van der Waals surface area contributed by atoms with Crippen molar-refractivity contribution < 1.29 is 19.4 Å². The summed E-state index contributed by atoms with van der Waals surface area (Å²) in [6.07, 6.45) is 6.63. The van der Waals surface area contributed by atoms with Crippen molar-refractivity contribution in [1.82, 2.24) is 9.80 Å². The second-order valence-electron chi connectivity index (χ2n) is 10.1. The van der Waals surface area contributed by atoms with E-state index in [1.165, 1.54) is 0 Å². The zero-order chi connectivity index (χ0) is 23.1. The summed E-state index contributed by atoms with van der Waals surface area (Å²) in [6.45, 7) is 4.33. The fourth-order valence-electron chi connectivity index (χ4n) is 6.36. The first-order valence-corrected chi connectivity index (χ1v) is 12.4. The van der Waals surface area contributed by atoms with E-state index >= 15 is 0 Å². The molecule has 1 amide bonds. The van der Waals surface area contributed by atoms with Gasteiger partial charge in [0.15, 0.2) is 6.23 Å². The maximum Gasteiger partial charge on any atom is 0.232 e. The van der Waals surface area contributed by atoms with Gasteiger partial charge in [0.2, 0.25) is 5.91 Å². The van der Waals surface area contributed by atoms with Crippen LogP contribution in [0.3, 0.4) is 0 Å². The zero-order valence-electron chi connectivity index (χ0n) is 20.0. The molecule has 182 valence electrons. The number of β-amino-alcohol motifs (C(OH)–C–C–N with tert-alkyl or cyclic N) is 1. The minimum atomic E-state index is -0.252. The molecular formula is C24H37N5O4. The molecule has 1 N–H and O–H groups in total. The van der Waals surface area contributed by atoms with Gasteiger partial charge in [-0.2, -0.15) is 0 Å². The van der Waals surface area contributed by atoms with Crippen LogP contribution in [0.1, 0.15) is 45.4 Å². The van der Waals surface area contributed by atoms with Crippen LogP contribution < -0.4 is 0 Å². The molecule has 0 aliphatic carbocycles. The molecular weight excluding hydrogens is 422 g/mol. The topological polar surface area (TPSA) is 99.3 Å². The molecule has 0 aromatic rings. The highest BCUT2D eigenvalue weighted by Gasteiger charge is 2.48. The Hall–Kier alpha value is -1.84. The predicted molar refractivity (Wildman–Crippen MR) is 126 cm³/mol. The molecule has 5 heterocycles. The van der Waals surface area contributed by atoms with Crippen LogP contribution in [0.15, 0.2) is 15.0 Å². The number of likely N-dealkylation sites (tertiary alicyclic amines) is 2. The van der Waals surface area contributed by atoms with Gasteiger partial charge in [0, 0.05) is 51.6 Å². The third-order valence-corrected chi connectivity index (χ3v) is 8.21. The number of methoxy groups -OCH3 is 2. The van der Waals surface area contributed by atoms with Gasteiger partial charge in [0.1, 0.15) is 6.10 Å². The molecule has 8 atom stereocenters. The molecule has 5 aliphatic rings. The second-order valence-corrected chi connectivity index (χ2v) is 10.1. The Bertz CT molecular complexity index is 845. The smallest absolute Gasteiger partial charge is 0.232 e. The maximum atomic E-state index is 13.4. The number of nitrogens with zero attached hydrogens (tertiary/aromatic N) is 5. The van der Waals surface area contributed by atoms with E-state index in [9.17, 15) is 9.90 Å². The molecule has 0 spiro atoms. The quantitative estimate of drug-likeness (QED) is 0.680. The van der Waals surface area contributed by atoms with Crippen LogP contribution in [0.2, 0.25) is 0 Å². The van der Waals surface area contributed by atoms with E-state index in [4.69, 9.17) is 19.5 Å². The lowest BCUT2D eigenvalue weighted by atomic mass is 9.83. The van der Waals surface area contributed by atoms with E-state index in [2.05, 4.69) is 21.7 Å². The summed E-state index contributed by atoms with van der Waals surface area (Å²) < 4.78 is 11.0. The van der Waals surface area contributed by atoms with Crippen LogP contribution >= 0.6 is 0 Å². The molecule has 0 aromatic heterocycles. The Balaban J connectivity index is 1.27. The minimum Gasteiger partial charge on any atom is -0.391 e. The van der Waals surface area contributed by atoms with Gasteiger partial charge in [-0.1, -0.05) is 0 Å². The van der Waals surface area contributed by atoms with Crippen molar-refractivity contribution >= 4 is 23.7 Å². The third kappa shape index (κ3) is 4.23. The molecule has 5 rings (SSSR count). The Morgan fingerprint density at radius 2 is 2.00 bits per heavy atom. The average molecular weight is 460 g/mol. The van der Waals surface area contributed by atoms with Crippen molar-refractivity contribution in [2.45, 2.75) is 82.0 Å². The van der Waals surface area contributed by atoms with E-state index in [0.29, 0.717) is 13.1 Å². The molecule has 2 saturated heterocycles. The summed E-state index contributed by atoms with van der Waals surface area (Å²) in [5.41, 5.74) is 1.05. The van der Waals surface area contributed by atoms with Crippen molar-refractivity contribution in [2.24, 2.45) is 26.8 Å². The molecule has 0 saturated carbocycles. The number of hydrogen-bond donors (Lipinski definition) is 1. The number of hydrogen-bond acceptors (Lipinski definition) is 8. The van der Waals surface area contributed by atoms with Gasteiger partial charge in [0.25, 0.3) is 0 Å². The fraction of sp³-hybridized carbons (Fsp3) is 0.833. The van der Waals surface area contributed by atoms with Crippen LogP contribution in [0.5, 0.6) is 0 Å². The van der Waals surface area contributed by atoms with Gasteiger partial charge in [-0.15, -0.1) is 0 Å². The lowest BCUT2D eigenvalue weighted by molar-refractivity contribution is -0.134. The Morgan fingerprint density at radius 1 is 1.15 bits per heavy atom. The second kappa shape index (κ2) is 9.43. The van der Waals surface area contributed by atoms with Crippen LogP contribution in [0, 0.1) is 11.8 Å². The van der Waals surface area contributed by atoms with Crippen molar-refractivity contribution in [3.05, 3.63) is 0 Å². The highest BCUT2D eigenvalue weighted by Crippen LogP contribution is 2.37. The van der Waals surface area contributed by atoms with E-state index in [0.717, 1.165) is 56.6 Å². The van der Waals surface area contributed by atoms with E-state index < -0.39 is 0 Å². The number of amides is 1. The number of aliphatic hydroxyl groups is 1. The summed E-state index contributed by atoms with van der Waals surface area (Å²) in [6, 6.07) is 0.293. The number of amidine groups is 1. The molecule has 9 nitrogen and oxygen atoms in total. The highest BCUT2D eigenvalue weighted by molar-refractivity contribution is 6.13. The first kappa shape index (κ1) is 22.9. The lowest BCUT2D eigenvalue weighted by Crippen LogP contribution is -2.47. The van der Waals surface area contributed by atoms with Gasteiger partial charge in [0.05, 0.1) is 42.5 Å². The number of aliphatic imine (C=N–C) groups is 3. The van der Waals surface area contributed by atoms with Crippen LogP contribution in [-0.2, 0) is 14.3 Å². The average Bonchev–Trinajstić information content (AvgIpc) is 3.39. The molecule has 33 heavy (non-hydrogen) atoms. The SMILES string of the molecule is COC1CC(C2CCC3C(=O)N(C4CCC(N5CCC(O)C5)=NC4)C(C)C3=N2)C=NC1OC. The normalized spacial score (nSPS) is 41.3. The minimum absolute atomic E-state index is 0.0196. The van der Waals surface area contributed by atoms with Crippen LogP contribution in [0.4, 0.5) is 0 Å². The summed E-state index contributed by atoms with van der Waals surface area (Å²) in [5, 5.41) is 9.83. The molecule has 9 heteroatoms. The number of rotatable bonds is 4. The summed E-state index contributed by atoms with van der Waals surface area (Å²) in [7, 11) is 3.36.